The fraction of sp³-hybridized carbons (Fsp3) is 0. The monoisotopic (exact) mass is 360 g/mol. The van der Waals surface area contributed by atoms with Crippen molar-refractivity contribution in [1.29, 1.82) is 0 Å². The minimum Gasteiger partial charge on any atom is -0.389 e. The van der Waals surface area contributed by atoms with Gasteiger partial charge in [0.1, 0.15) is 10.8 Å². The van der Waals surface area contributed by atoms with Gasteiger partial charge in [0.25, 0.3) is 0 Å². The Balaban J connectivity index is 2.37. The first-order valence-electron chi connectivity index (χ1n) is 5.40. The average molecular weight is 361 g/mol. The highest BCUT2D eigenvalue weighted by Crippen LogP contribution is 2.26. The molecule has 2 nitrogen and oxygen atoms in total. The first kappa shape index (κ1) is 14.8. The summed E-state index contributed by atoms with van der Waals surface area (Å²) in [5.41, 5.74) is 5.42. The Kier molecular flexibility index (Phi) is 4.29. The van der Waals surface area contributed by atoms with Gasteiger partial charge in [0.2, 0.25) is 0 Å². The van der Waals surface area contributed by atoms with Crippen LogP contribution < -0.4 is 11.1 Å². The van der Waals surface area contributed by atoms with Crippen LogP contribution in [0.5, 0.6) is 0 Å². The van der Waals surface area contributed by atoms with Gasteiger partial charge in [0, 0.05) is 11.3 Å². The summed E-state index contributed by atoms with van der Waals surface area (Å²) in [6.45, 7) is 0. The Morgan fingerprint density at radius 2 is 1.80 bits per heavy atom. The fourth-order valence-electron chi connectivity index (χ4n) is 1.57. The lowest BCUT2D eigenvalue weighted by atomic mass is 10.1. The zero-order valence-corrected chi connectivity index (χ0v) is 12.3. The van der Waals surface area contributed by atoms with Gasteiger partial charge in [-0.05, 0) is 46.3 Å². The SMILES string of the molecule is NC(=S)c1ccc(Nc2ccc(F)c(Br)c2)c(F)c1F. The van der Waals surface area contributed by atoms with Gasteiger partial charge in [-0.2, -0.15) is 0 Å². The van der Waals surface area contributed by atoms with Gasteiger partial charge in [-0.15, -0.1) is 0 Å². The van der Waals surface area contributed by atoms with E-state index in [1.54, 1.807) is 0 Å². The predicted octanol–water partition coefficient (Wildman–Crippen LogP) is 4.24. The summed E-state index contributed by atoms with van der Waals surface area (Å²) in [5.74, 6) is -2.68. The number of anilines is 2. The molecule has 2 rings (SSSR count). The van der Waals surface area contributed by atoms with Crippen LogP contribution in [0.25, 0.3) is 0 Å². The summed E-state index contributed by atoms with van der Waals surface area (Å²) in [7, 11) is 0. The maximum atomic E-state index is 13.8. The van der Waals surface area contributed by atoms with Gasteiger partial charge < -0.3 is 11.1 Å². The Morgan fingerprint density at radius 1 is 1.10 bits per heavy atom. The van der Waals surface area contributed by atoms with Crippen molar-refractivity contribution in [3.05, 3.63) is 57.8 Å². The zero-order valence-electron chi connectivity index (χ0n) is 9.88. The molecule has 0 heterocycles. The standard InChI is InChI=1S/C13H8BrF3N2S/c14-8-5-6(1-3-9(8)15)19-10-4-2-7(13(18)20)11(16)12(10)17/h1-5,19H,(H2,18,20). The molecule has 104 valence electrons. The number of nitrogens with two attached hydrogens (primary N) is 1. The van der Waals surface area contributed by atoms with Crippen molar-refractivity contribution < 1.29 is 13.2 Å². The summed E-state index contributed by atoms with van der Waals surface area (Å²) in [4.78, 5) is -0.225. The van der Waals surface area contributed by atoms with E-state index in [4.69, 9.17) is 5.73 Å². The summed E-state index contributed by atoms with van der Waals surface area (Å²) in [5, 5.41) is 2.65. The number of rotatable bonds is 3. The molecule has 0 aromatic heterocycles. The van der Waals surface area contributed by atoms with E-state index in [1.165, 1.54) is 30.3 Å². The van der Waals surface area contributed by atoms with Crippen LogP contribution >= 0.6 is 28.1 Å². The molecule has 0 saturated heterocycles. The highest BCUT2D eigenvalue weighted by Gasteiger charge is 2.15. The van der Waals surface area contributed by atoms with E-state index < -0.39 is 17.5 Å². The molecule has 0 amide bonds. The molecule has 3 N–H and O–H groups in total. The largest absolute Gasteiger partial charge is 0.389 e. The molecule has 0 saturated carbocycles. The number of hydrogen-bond acceptors (Lipinski definition) is 2. The molecule has 0 atom stereocenters. The Labute approximate surface area is 126 Å². The molecule has 7 heteroatoms. The van der Waals surface area contributed by atoms with Gasteiger partial charge in [-0.3, -0.25) is 0 Å². The van der Waals surface area contributed by atoms with Gasteiger partial charge in [0.05, 0.1) is 10.2 Å². The van der Waals surface area contributed by atoms with Crippen molar-refractivity contribution in [2.45, 2.75) is 0 Å². The third-order valence-electron chi connectivity index (χ3n) is 2.55. The summed E-state index contributed by atoms with van der Waals surface area (Å²) in [6.07, 6.45) is 0. The summed E-state index contributed by atoms with van der Waals surface area (Å²) < 4.78 is 40.9. The molecule has 0 unspecified atom stereocenters. The molecule has 0 aliphatic rings. The normalized spacial score (nSPS) is 10.4. The first-order valence-corrected chi connectivity index (χ1v) is 6.60. The van der Waals surface area contributed by atoms with Gasteiger partial charge >= 0.3 is 0 Å². The van der Waals surface area contributed by atoms with Crippen LogP contribution in [-0.2, 0) is 0 Å². The van der Waals surface area contributed by atoms with E-state index in [9.17, 15) is 13.2 Å². The molecule has 0 radical (unpaired) electrons. The maximum absolute atomic E-state index is 13.8. The molecule has 0 aliphatic carbocycles. The van der Waals surface area contributed by atoms with Crippen molar-refractivity contribution in [1.82, 2.24) is 0 Å². The quantitative estimate of drug-likeness (QED) is 0.803. The van der Waals surface area contributed by atoms with Crippen molar-refractivity contribution in [3.8, 4) is 0 Å². The van der Waals surface area contributed by atoms with Crippen molar-refractivity contribution in [3.63, 3.8) is 0 Å². The second-order valence-electron chi connectivity index (χ2n) is 3.91. The molecule has 0 aliphatic heterocycles. The Morgan fingerprint density at radius 3 is 2.40 bits per heavy atom. The lowest BCUT2D eigenvalue weighted by molar-refractivity contribution is 0.510. The fourth-order valence-corrected chi connectivity index (χ4v) is 2.10. The van der Waals surface area contributed by atoms with E-state index >= 15 is 0 Å². The van der Waals surface area contributed by atoms with Crippen LogP contribution in [-0.4, -0.2) is 4.99 Å². The van der Waals surface area contributed by atoms with E-state index in [2.05, 4.69) is 33.5 Å². The van der Waals surface area contributed by atoms with Gasteiger partial charge in [0.15, 0.2) is 11.6 Å². The molecular formula is C13H8BrF3N2S. The summed E-state index contributed by atoms with van der Waals surface area (Å²) in [6, 6.07) is 6.60. The second-order valence-corrected chi connectivity index (χ2v) is 5.20. The number of nitrogens with one attached hydrogen (secondary N) is 1. The van der Waals surface area contributed by atoms with Crippen LogP contribution in [0.2, 0.25) is 0 Å². The van der Waals surface area contributed by atoms with E-state index in [0.29, 0.717) is 5.69 Å². The van der Waals surface area contributed by atoms with Crippen LogP contribution in [0.1, 0.15) is 5.56 Å². The van der Waals surface area contributed by atoms with Crippen molar-refractivity contribution in [2.24, 2.45) is 5.73 Å². The van der Waals surface area contributed by atoms with Gasteiger partial charge in [-0.25, -0.2) is 13.2 Å². The molecule has 20 heavy (non-hydrogen) atoms. The minimum absolute atomic E-state index is 0.0963. The third-order valence-corrected chi connectivity index (χ3v) is 3.37. The first-order chi connectivity index (χ1) is 9.40. The molecular weight excluding hydrogens is 353 g/mol. The smallest absolute Gasteiger partial charge is 0.182 e. The molecule has 0 fully saturated rings. The zero-order chi connectivity index (χ0) is 14.9. The number of benzene rings is 2. The number of thiocarbonyl (C=S) groups is 1. The topological polar surface area (TPSA) is 38.0 Å². The lowest BCUT2D eigenvalue weighted by Crippen LogP contribution is -2.13. The predicted molar refractivity (Wildman–Crippen MR) is 79.6 cm³/mol. The van der Waals surface area contributed by atoms with E-state index in [-0.39, 0.29) is 20.7 Å². The van der Waals surface area contributed by atoms with E-state index in [1.807, 2.05) is 0 Å². The highest BCUT2D eigenvalue weighted by atomic mass is 79.9. The minimum atomic E-state index is -1.12. The third kappa shape index (κ3) is 2.94. The van der Waals surface area contributed by atoms with Crippen LogP contribution in [0.15, 0.2) is 34.8 Å². The number of halogens is 4. The number of hydrogen-bond donors (Lipinski definition) is 2. The van der Waals surface area contributed by atoms with Crippen LogP contribution in [0, 0.1) is 17.5 Å². The van der Waals surface area contributed by atoms with Gasteiger partial charge in [-0.1, -0.05) is 12.2 Å². The molecule has 0 bridgehead atoms. The van der Waals surface area contributed by atoms with Crippen molar-refractivity contribution >= 4 is 44.5 Å². The molecule has 2 aromatic carbocycles. The van der Waals surface area contributed by atoms with Crippen molar-refractivity contribution in [2.75, 3.05) is 5.32 Å². The lowest BCUT2D eigenvalue weighted by Gasteiger charge is -2.10. The Bertz CT molecular complexity index is 692. The average Bonchev–Trinajstić information content (AvgIpc) is 2.39. The highest BCUT2D eigenvalue weighted by molar-refractivity contribution is 9.10. The summed E-state index contributed by atoms with van der Waals surface area (Å²) >= 11 is 7.62. The maximum Gasteiger partial charge on any atom is 0.182 e. The van der Waals surface area contributed by atoms with E-state index in [0.717, 1.165) is 0 Å². The second kappa shape index (κ2) is 5.80. The van der Waals surface area contributed by atoms with Crippen LogP contribution in [0.4, 0.5) is 24.5 Å². The molecule has 0 spiro atoms. The molecule has 2 aromatic rings. The van der Waals surface area contributed by atoms with Crippen LogP contribution in [0.3, 0.4) is 0 Å². The Hall–Kier alpha value is -1.60.